The number of aliphatic carboxylic acids is 1. The molecular weight excluding hydrogens is 242 g/mol. The lowest BCUT2D eigenvalue weighted by Crippen LogP contribution is -2.46. The van der Waals surface area contributed by atoms with Gasteiger partial charge >= 0.3 is 5.97 Å². The molecule has 2 rings (SSSR count). The third-order valence-corrected chi connectivity index (χ3v) is 3.00. The molecule has 0 amide bonds. The van der Waals surface area contributed by atoms with Gasteiger partial charge in [0.05, 0.1) is 6.61 Å². The van der Waals surface area contributed by atoms with E-state index < -0.39 is 18.1 Å². The van der Waals surface area contributed by atoms with Gasteiger partial charge in [-0.1, -0.05) is 48.5 Å². The van der Waals surface area contributed by atoms with Crippen molar-refractivity contribution >= 4 is 11.7 Å². The summed E-state index contributed by atoms with van der Waals surface area (Å²) in [6.45, 7) is -0.540. The Hall–Kier alpha value is -2.33. The summed E-state index contributed by atoms with van der Waals surface area (Å²) in [5, 5.41) is 22.0. The molecule has 2 aromatic carbocycles. The number of carboxylic acids is 1. The van der Waals surface area contributed by atoms with E-state index in [1.165, 1.54) is 0 Å². The summed E-state index contributed by atoms with van der Waals surface area (Å²) in [5.74, 6) is -1.12. The van der Waals surface area contributed by atoms with Gasteiger partial charge in [-0.3, -0.25) is 0 Å². The molecule has 0 aliphatic heterocycles. The molecular formula is C15H15NO3. The number of carbonyl (C=O) groups is 1. The molecule has 0 radical (unpaired) electrons. The van der Waals surface area contributed by atoms with Gasteiger partial charge in [-0.15, -0.1) is 0 Å². The third kappa shape index (κ3) is 2.58. The van der Waals surface area contributed by atoms with Gasteiger partial charge in [0.1, 0.15) is 0 Å². The van der Waals surface area contributed by atoms with Crippen LogP contribution in [-0.4, -0.2) is 22.8 Å². The number of anilines is 1. The summed E-state index contributed by atoms with van der Waals surface area (Å²) in [7, 11) is 0. The van der Waals surface area contributed by atoms with Crippen LogP contribution in [0.2, 0.25) is 0 Å². The Morgan fingerprint density at radius 1 is 1.00 bits per heavy atom. The minimum atomic E-state index is -1.54. The van der Waals surface area contributed by atoms with Crippen molar-refractivity contribution in [1.29, 1.82) is 0 Å². The van der Waals surface area contributed by atoms with Crippen molar-refractivity contribution in [2.45, 2.75) is 5.54 Å². The SMILES string of the molecule is O=C(O)C(CO)(Nc1ccccc1)c1ccccc1. The second-order valence-electron chi connectivity index (χ2n) is 4.23. The first-order chi connectivity index (χ1) is 9.19. The van der Waals surface area contributed by atoms with Crippen molar-refractivity contribution in [3.63, 3.8) is 0 Å². The average molecular weight is 257 g/mol. The fourth-order valence-electron chi connectivity index (χ4n) is 1.94. The Morgan fingerprint density at radius 2 is 1.53 bits per heavy atom. The van der Waals surface area contributed by atoms with Crippen LogP contribution < -0.4 is 5.32 Å². The number of hydrogen-bond donors (Lipinski definition) is 3. The van der Waals surface area contributed by atoms with Crippen LogP contribution in [0.25, 0.3) is 0 Å². The number of para-hydroxylation sites is 1. The zero-order valence-electron chi connectivity index (χ0n) is 10.3. The molecule has 0 fully saturated rings. The Balaban J connectivity index is 2.44. The van der Waals surface area contributed by atoms with E-state index in [4.69, 9.17) is 0 Å². The molecule has 0 aromatic heterocycles. The molecule has 0 spiro atoms. The smallest absolute Gasteiger partial charge is 0.336 e. The summed E-state index contributed by atoms with van der Waals surface area (Å²) >= 11 is 0. The first-order valence-corrected chi connectivity index (χ1v) is 5.92. The molecule has 0 heterocycles. The predicted octanol–water partition coefficient (Wildman–Crippen LogP) is 2.07. The minimum Gasteiger partial charge on any atom is -0.479 e. The maximum absolute atomic E-state index is 11.6. The highest BCUT2D eigenvalue weighted by Crippen LogP contribution is 2.26. The van der Waals surface area contributed by atoms with Gasteiger partial charge in [0, 0.05) is 5.69 Å². The number of aliphatic hydroxyl groups is 1. The highest BCUT2D eigenvalue weighted by atomic mass is 16.4. The summed E-state index contributed by atoms with van der Waals surface area (Å²) in [5.41, 5.74) is -0.389. The van der Waals surface area contributed by atoms with Gasteiger partial charge in [-0.25, -0.2) is 4.79 Å². The van der Waals surface area contributed by atoms with Crippen molar-refractivity contribution in [3.05, 3.63) is 66.2 Å². The molecule has 0 aliphatic rings. The molecule has 1 atom stereocenters. The lowest BCUT2D eigenvalue weighted by atomic mass is 9.90. The molecule has 0 bridgehead atoms. The van der Waals surface area contributed by atoms with Crippen LogP contribution in [0.15, 0.2) is 60.7 Å². The van der Waals surface area contributed by atoms with Crippen molar-refractivity contribution in [2.75, 3.05) is 11.9 Å². The number of hydrogen-bond acceptors (Lipinski definition) is 3. The minimum absolute atomic E-state index is 0.508. The lowest BCUT2D eigenvalue weighted by molar-refractivity contribution is -0.144. The Labute approximate surface area is 111 Å². The molecule has 0 saturated heterocycles. The number of carboxylic acid groups (broad SMARTS) is 1. The molecule has 19 heavy (non-hydrogen) atoms. The van der Waals surface area contributed by atoms with E-state index in [1.807, 2.05) is 6.07 Å². The normalized spacial score (nSPS) is 13.5. The fourth-order valence-corrected chi connectivity index (χ4v) is 1.94. The van der Waals surface area contributed by atoms with Crippen molar-refractivity contribution in [3.8, 4) is 0 Å². The highest BCUT2D eigenvalue weighted by Gasteiger charge is 2.39. The van der Waals surface area contributed by atoms with E-state index in [0.29, 0.717) is 11.3 Å². The molecule has 4 nitrogen and oxygen atoms in total. The number of aliphatic hydroxyl groups excluding tert-OH is 1. The Kier molecular flexibility index (Phi) is 3.82. The molecule has 98 valence electrons. The fraction of sp³-hybridized carbons (Fsp3) is 0.133. The van der Waals surface area contributed by atoms with Gasteiger partial charge in [0.2, 0.25) is 0 Å². The maximum Gasteiger partial charge on any atom is 0.336 e. The summed E-state index contributed by atoms with van der Waals surface area (Å²) < 4.78 is 0. The first-order valence-electron chi connectivity index (χ1n) is 5.92. The molecule has 0 aliphatic carbocycles. The molecule has 1 unspecified atom stereocenters. The highest BCUT2D eigenvalue weighted by molar-refractivity contribution is 5.84. The molecule has 0 saturated carbocycles. The van der Waals surface area contributed by atoms with E-state index in [1.54, 1.807) is 54.6 Å². The lowest BCUT2D eigenvalue weighted by Gasteiger charge is -2.30. The Bertz CT molecular complexity index is 542. The second-order valence-corrected chi connectivity index (χ2v) is 4.23. The van der Waals surface area contributed by atoms with Crippen LogP contribution in [0, 0.1) is 0 Å². The van der Waals surface area contributed by atoms with Crippen LogP contribution in [0.4, 0.5) is 5.69 Å². The third-order valence-electron chi connectivity index (χ3n) is 3.00. The zero-order valence-corrected chi connectivity index (χ0v) is 10.3. The van der Waals surface area contributed by atoms with Crippen LogP contribution in [0.3, 0.4) is 0 Å². The van der Waals surface area contributed by atoms with Gasteiger partial charge in [0.25, 0.3) is 0 Å². The van der Waals surface area contributed by atoms with E-state index in [2.05, 4.69) is 5.32 Å². The zero-order chi connectivity index (χ0) is 13.7. The predicted molar refractivity (Wildman–Crippen MR) is 72.9 cm³/mol. The Morgan fingerprint density at radius 3 is 2.00 bits per heavy atom. The van der Waals surface area contributed by atoms with Gasteiger partial charge in [0.15, 0.2) is 5.54 Å². The first kappa shape index (κ1) is 13.1. The van der Waals surface area contributed by atoms with Crippen molar-refractivity contribution in [2.24, 2.45) is 0 Å². The molecule has 2 aromatic rings. The molecule has 4 heteroatoms. The van der Waals surface area contributed by atoms with Gasteiger partial charge < -0.3 is 15.5 Å². The van der Waals surface area contributed by atoms with E-state index in [-0.39, 0.29) is 0 Å². The molecule has 3 N–H and O–H groups in total. The largest absolute Gasteiger partial charge is 0.479 e. The van der Waals surface area contributed by atoms with Crippen LogP contribution >= 0.6 is 0 Å². The van der Waals surface area contributed by atoms with Crippen molar-refractivity contribution in [1.82, 2.24) is 0 Å². The number of benzene rings is 2. The quantitative estimate of drug-likeness (QED) is 0.767. The van der Waals surface area contributed by atoms with E-state index in [9.17, 15) is 15.0 Å². The summed E-state index contributed by atoms with van der Waals surface area (Å²) in [4.78, 5) is 11.6. The van der Waals surface area contributed by atoms with Crippen LogP contribution in [0.1, 0.15) is 5.56 Å². The second kappa shape index (κ2) is 5.54. The maximum atomic E-state index is 11.6. The summed E-state index contributed by atoms with van der Waals surface area (Å²) in [6.07, 6.45) is 0. The van der Waals surface area contributed by atoms with Crippen LogP contribution in [0.5, 0.6) is 0 Å². The van der Waals surface area contributed by atoms with Crippen molar-refractivity contribution < 1.29 is 15.0 Å². The van der Waals surface area contributed by atoms with Gasteiger partial charge in [-0.05, 0) is 17.7 Å². The van der Waals surface area contributed by atoms with Gasteiger partial charge in [-0.2, -0.15) is 0 Å². The van der Waals surface area contributed by atoms with E-state index >= 15 is 0 Å². The average Bonchev–Trinajstić information content (AvgIpc) is 2.46. The van der Waals surface area contributed by atoms with Crippen LogP contribution in [-0.2, 0) is 10.3 Å². The standard InChI is InChI=1S/C15H15NO3/c17-11-15(14(18)19,12-7-3-1-4-8-12)16-13-9-5-2-6-10-13/h1-10,16-17H,11H2,(H,18,19). The summed E-state index contributed by atoms with van der Waals surface area (Å²) in [6, 6.07) is 17.6. The number of rotatable bonds is 5. The topological polar surface area (TPSA) is 69.6 Å². The monoisotopic (exact) mass is 257 g/mol. The number of nitrogens with one attached hydrogen (secondary N) is 1. The van der Waals surface area contributed by atoms with E-state index in [0.717, 1.165) is 0 Å².